The first-order valence-corrected chi connectivity index (χ1v) is 5.13. The predicted octanol–water partition coefficient (Wildman–Crippen LogP) is 1.31. The van der Waals surface area contributed by atoms with Gasteiger partial charge in [0, 0.05) is 19.3 Å². The molecular formula is C12H18N2O2. The van der Waals surface area contributed by atoms with Crippen molar-refractivity contribution in [1.29, 1.82) is 0 Å². The van der Waals surface area contributed by atoms with Crippen LogP contribution in [0.1, 0.15) is 19.4 Å². The van der Waals surface area contributed by atoms with Gasteiger partial charge in [0.1, 0.15) is 5.60 Å². The molecule has 0 atom stereocenters. The topological polar surface area (TPSA) is 64.3 Å². The Kier molecular flexibility index (Phi) is 3.90. The number of hydrogen-bond donors (Lipinski definition) is 2. The largest absolute Gasteiger partial charge is 0.399 e. The summed E-state index contributed by atoms with van der Waals surface area (Å²) in [6, 6.07) is 7.39. The van der Waals surface area contributed by atoms with Crippen molar-refractivity contribution in [1.82, 2.24) is 5.32 Å². The van der Waals surface area contributed by atoms with Gasteiger partial charge in [-0.3, -0.25) is 4.79 Å². The number of carbonyl (C=O) groups is 1. The lowest BCUT2D eigenvalue weighted by atomic mass is 10.1. The van der Waals surface area contributed by atoms with E-state index in [-0.39, 0.29) is 5.91 Å². The first-order chi connectivity index (χ1) is 7.45. The molecule has 0 aliphatic rings. The maximum Gasteiger partial charge on any atom is 0.251 e. The fraction of sp³-hybridized carbons (Fsp3) is 0.417. The van der Waals surface area contributed by atoms with Gasteiger partial charge < -0.3 is 15.8 Å². The number of hydrogen-bond acceptors (Lipinski definition) is 3. The standard InChI is InChI=1S/C12H18N2O2/c1-12(2,16-3)11(15)14-8-9-4-6-10(13)7-5-9/h4-7H,8,13H2,1-3H3,(H,14,15). The Morgan fingerprint density at radius 1 is 1.38 bits per heavy atom. The van der Waals surface area contributed by atoms with Crippen molar-refractivity contribution in [3.8, 4) is 0 Å². The van der Waals surface area contributed by atoms with E-state index in [1.165, 1.54) is 7.11 Å². The highest BCUT2D eigenvalue weighted by Crippen LogP contribution is 2.09. The van der Waals surface area contributed by atoms with Crippen molar-refractivity contribution in [3.05, 3.63) is 29.8 Å². The lowest BCUT2D eigenvalue weighted by molar-refractivity contribution is -0.139. The molecule has 1 aromatic rings. The number of ether oxygens (including phenoxy) is 1. The first-order valence-electron chi connectivity index (χ1n) is 5.13. The van der Waals surface area contributed by atoms with Gasteiger partial charge in [-0.05, 0) is 31.5 Å². The van der Waals surface area contributed by atoms with Gasteiger partial charge >= 0.3 is 0 Å². The summed E-state index contributed by atoms with van der Waals surface area (Å²) < 4.78 is 5.07. The highest BCUT2D eigenvalue weighted by Gasteiger charge is 2.26. The molecule has 0 aliphatic heterocycles. The molecule has 4 heteroatoms. The van der Waals surface area contributed by atoms with E-state index in [9.17, 15) is 4.79 Å². The fourth-order valence-electron chi connectivity index (χ4n) is 1.12. The molecule has 3 N–H and O–H groups in total. The van der Waals surface area contributed by atoms with E-state index in [0.29, 0.717) is 12.2 Å². The van der Waals surface area contributed by atoms with Crippen LogP contribution in [0.5, 0.6) is 0 Å². The molecule has 0 saturated heterocycles. The monoisotopic (exact) mass is 222 g/mol. The number of benzene rings is 1. The number of nitrogen functional groups attached to an aromatic ring is 1. The van der Waals surface area contributed by atoms with Crippen LogP contribution >= 0.6 is 0 Å². The molecule has 1 rings (SSSR count). The lowest BCUT2D eigenvalue weighted by Crippen LogP contribution is -2.43. The van der Waals surface area contributed by atoms with Crippen LogP contribution in [0.25, 0.3) is 0 Å². The molecule has 0 saturated carbocycles. The van der Waals surface area contributed by atoms with Gasteiger partial charge in [-0.2, -0.15) is 0 Å². The lowest BCUT2D eigenvalue weighted by Gasteiger charge is -2.21. The fourth-order valence-corrected chi connectivity index (χ4v) is 1.12. The summed E-state index contributed by atoms with van der Waals surface area (Å²) in [5, 5.41) is 2.80. The SMILES string of the molecule is COC(C)(C)C(=O)NCc1ccc(N)cc1. The van der Waals surface area contributed by atoms with Crippen LogP contribution in [-0.2, 0) is 16.1 Å². The Morgan fingerprint density at radius 2 is 1.94 bits per heavy atom. The average Bonchev–Trinajstić information content (AvgIpc) is 2.28. The minimum atomic E-state index is -0.798. The summed E-state index contributed by atoms with van der Waals surface area (Å²) in [5.74, 6) is -0.133. The minimum Gasteiger partial charge on any atom is -0.399 e. The van der Waals surface area contributed by atoms with Crippen molar-refractivity contribution in [3.63, 3.8) is 0 Å². The van der Waals surface area contributed by atoms with Crippen LogP contribution in [0.4, 0.5) is 5.69 Å². The van der Waals surface area contributed by atoms with Crippen molar-refractivity contribution >= 4 is 11.6 Å². The first kappa shape index (κ1) is 12.5. The van der Waals surface area contributed by atoms with Gasteiger partial charge in [0.15, 0.2) is 0 Å². The Hall–Kier alpha value is -1.55. The second kappa shape index (κ2) is 4.99. The smallest absolute Gasteiger partial charge is 0.251 e. The van der Waals surface area contributed by atoms with Crippen LogP contribution in [0.2, 0.25) is 0 Å². The Bertz CT molecular complexity index is 358. The zero-order valence-corrected chi connectivity index (χ0v) is 9.91. The summed E-state index contributed by atoms with van der Waals surface area (Å²) in [5.41, 5.74) is 6.49. The molecule has 4 nitrogen and oxygen atoms in total. The maximum absolute atomic E-state index is 11.7. The molecule has 88 valence electrons. The Morgan fingerprint density at radius 3 is 2.44 bits per heavy atom. The molecule has 0 heterocycles. The Balaban J connectivity index is 2.52. The highest BCUT2D eigenvalue weighted by molar-refractivity contribution is 5.84. The third-order valence-corrected chi connectivity index (χ3v) is 2.49. The van der Waals surface area contributed by atoms with Crippen LogP contribution in [0.3, 0.4) is 0 Å². The molecule has 0 bridgehead atoms. The molecular weight excluding hydrogens is 204 g/mol. The van der Waals surface area contributed by atoms with Gasteiger partial charge in [0.05, 0.1) is 0 Å². The zero-order chi connectivity index (χ0) is 12.2. The van der Waals surface area contributed by atoms with E-state index in [0.717, 1.165) is 5.56 Å². The number of amides is 1. The molecule has 0 radical (unpaired) electrons. The van der Waals surface area contributed by atoms with Gasteiger partial charge in [0.2, 0.25) is 0 Å². The van der Waals surface area contributed by atoms with Crippen LogP contribution in [-0.4, -0.2) is 18.6 Å². The third-order valence-electron chi connectivity index (χ3n) is 2.49. The number of anilines is 1. The number of methoxy groups -OCH3 is 1. The molecule has 0 aromatic heterocycles. The van der Waals surface area contributed by atoms with Gasteiger partial charge in [-0.15, -0.1) is 0 Å². The second-order valence-electron chi connectivity index (χ2n) is 4.14. The minimum absolute atomic E-state index is 0.133. The van der Waals surface area contributed by atoms with Crippen molar-refractivity contribution < 1.29 is 9.53 Å². The molecule has 1 aromatic carbocycles. The number of nitrogens with two attached hydrogens (primary N) is 1. The molecule has 1 amide bonds. The number of nitrogens with one attached hydrogen (secondary N) is 1. The number of carbonyl (C=O) groups excluding carboxylic acids is 1. The molecule has 0 unspecified atom stereocenters. The van der Waals surface area contributed by atoms with E-state index in [4.69, 9.17) is 10.5 Å². The maximum atomic E-state index is 11.7. The second-order valence-corrected chi connectivity index (χ2v) is 4.14. The van der Waals surface area contributed by atoms with E-state index >= 15 is 0 Å². The zero-order valence-electron chi connectivity index (χ0n) is 9.91. The quantitative estimate of drug-likeness (QED) is 0.755. The Labute approximate surface area is 95.8 Å². The van der Waals surface area contributed by atoms with Crippen LogP contribution in [0, 0.1) is 0 Å². The van der Waals surface area contributed by atoms with Gasteiger partial charge in [0.25, 0.3) is 5.91 Å². The van der Waals surface area contributed by atoms with Crippen LogP contribution < -0.4 is 11.1 Å². The van der Waals surface area contributed by atoms with E-state index in [1.807, 2.05) is 24.3 Å². The molecule has 16 heavy (non-hydrogen) atoms. The van der Waals surface area contributed by atoms with Crippen molar-refractivity contribution in [2.75, 3.05) is 12.8 Å². The van der Waals surface area contributed by atoms with Gasteiger partial charge in [-0.25, -0.2) is 0 Å². The normalized spacial score (nSPS) is 11.2. The van der Waals surface area contributed by atoms with E-state index < -0.39 is 5.60 Å². The summed E-state index contributed by atoms with van der Waals surface area (Å²) in [6.07, 6.45) is 0. The predicted molar refractivity (Wildman–Crippen MR) is 63.8 cm³/mol. The van der Waals surface area contributed by atoms with Crippen LogP contribution in [0.15, 0.2) is 24.3 Å². The van der Waals surface area contributed by atoms with E-state index in [2.05, 4.69) is 5.32 Å². The van der Waals surface area contributed by atoms with Crippen molar-refractivity contribution in [2.45, 2.75) is 26.0 Å². The van der Waals surface area contributed by atoms with E-state index in [1.54, 1.807) is 13.8 Å². The van der Waals surface area contributed by atoms with Crippen molar-refractivity contribution in [2.24, 2.45) is 0 Å². The molecule has 0 aliphatic carbocycles. The molecule has 0 spiro atoms. The van der Waals surface area contributed by atoms with Gasteiger partial charge in [-0.1, -0.05) is 12.1 Å². The average molecular weight is 222 g/mol. The summed E-state index contributed by atoms with van der Waals surface area (Å²) >= 11 is 0. The summed E-state index contributed by atoms with van der Waals surface area (Å²) in [7, 11) is 1.52. The summed E-state index contributed by atoms with van der Waals surface area (Å²) in [6.45, 7) is 3.93. The highest BCUT2D eigenvalue weighted by atomic mass is 16.5. The third kappa shape index (κ3) is 3.24. The summed E-state index contributed by atoms with van der Waals surface area (Å²) in [4.78, 5) is 11.7. The molecule has 0 fully saturated rings. The number of rotatable bonds is 4.